The van der Waals surface area contributed by atoms with Crippen LogP contribution in [0.5, 0.6) is 0 Å². The summed E-state index contributed by atoms with van der Waals surface area (Å²) in [4.78, 5) is 28.3. The number of aryl methyl sites for hydroxylation is 1. The van der Waals surface area contributed by atoms with Crippen molar-refractivity contribution < 1.29 is 14.7 Å². The van der Waals surface area contributed by atoms with Gasteiger partial charge in [0.25, 0.3) is 5.91 Å². The van der Waals surface area contributed by atoms with Gasteiger partial charge < -0.3 is 15.3 Å². The molecule has 1 heterocycles. The third-order valence-corrected chi connectivity index (χ3v) is 6.20. The van der Waals surface area contributed by atoms with E-state index in [4.69, 9.17) is 5.11 Å². The first-order valence-electron chi connectivity index (χ1n) is 11.0. The molecule has 1 atom stereocenters. The number of hydrogen-bond donors (Lipinski definition) is 2. The molecule has 0 aromatic heterocycles. The molecule has 1 saturated heterocycles. The monoisotopic (exact) mass is 431 g/mol. The first-order valence-corrected chi connectivity index (χ1v) is 11.0. The van der Waals surface area contributed by atoms with Crippen LogP contribution in [0, 0.1) is 6.92 Å². The van der Waals surface area contributed by atoms with Gasteiger partial charge >= 0.3 is 5.97 Å². The van der Waals surface area contributed by atoms with Crippen LogP contribution in [0.4, 0.5) is 5.69 Å². The van der Waals surface area contributed by atoms with E-state index in [0.717, 1.165) is 40.7 Å². The lowest BCUT2D eigenvalue weighted by Crippen LogP contribution is -2.48. The van der Waals surface area contributed by atoms with E-state index < -0.39 is 5.97 Å². The third-order valence-electron chi connectivity index (χ3n) is 6.20. The van der Waals surface area contributed by atoms with Gasteiger partial charge in [-0.2, -0.15) is 0 Å². The molecule has 6 heteroatoms. The summed E-state index contributed by atoms with van der Waals surface area (Å²) in [7, 11) is 0. The van der Waals surface area contributed by atoms with Gasteiger partial charge in [0.05, 0.1) is 12.6 Å². The zero-order valence-corrected chi connectivity index (χ0v) is 18.5. The summed E-state index contributed by atoms with van der Waals surface area (Å²) in [6.07, 6.45) is 0. The molecule has 1 amide bonds. The highest BCUT2D eigenvalue weighted by Gasteiger charge is 2.21. The Morgan fingerprint density at radius 3 is 2.47 bits per heavy atom. The number of nitrogens with one attached hydrogen (secondary N) is 1. The van der Waals surface area contributed by atoms with Crippen LogP contribution in [0.3, 0.4) is 0 Å². The van der Waals surface area contributed by atoms with E-state index in [2.05, 4.69) is 34.5 Å². The van der Waals surface area contributed by atoms with Crippen LogP contribution in [-0.2, 0) is 4.79 Å². The average molecular weight is 432 g/mol. The first-order chi connectivity index (χ1) is 15.4. The molecule has 2 N–H and O–H groups in total. The molecule has 3 aromatic carbocycles. The molecule has 0 radical (unpaired) electrons. The Balaban J connectivity index is 1.49. The van der Waals surface area contributed by atoms with Crippen molar-refractivity contribution in [2.45, 2.75) is 19.9 Å². The van der Waals surface area contributed by atoms with Gasteiger partial charge in [-0.3, -0.25) is 14.5 Å². The zero-order chi connectivity index (χ0) is 22.7. The van der Waals surface area contributed by atoms with Crippen molar-refractivity contribution in [2.75, 3.05) is 37.6 Å². The fourth-order valence-electron chi connectivity index (χ4n) is 4.39. The number of carbonyl (C=O) groups excluding carboxylic acids is 1. The van der Waals surface area contributed by atoms with E-state index in [1.807, 2.05) is 55.1 Å². The van der Waals surface area contributed by atoms with Crippen LogP contribution in [0.15, 0.2) is 60.7 Å². The van der Waals surface area contributed by atoms with Crippen molar-refractivity contribution in [2.24, 2.45) is 0 Å². The Bertz CT molecular complexity index is 1130. The summed E-state index contributed by atoms with van der Waals surface area (Å²) in [5.41, 5.74) is 3.69. The fourth-order valence-corrected chi connectivity index (χ4v) is 4.39. The number of carbonyl (C=O) groups is 2. The summed E-state index contributed by atoms with van der Waals surface area (Å²) < 4.78 is 0. The predicted octanol–water partition coefficient (Wildman–Crippen LogP) is 3.85. The molecule has 6 nitrogen and oxygen atoms in total. The second kappa shape index (κ2) is 9.40. The van der Waals surface area contributed by atoms with Crippen molar-refractivity contribution >= 4 is 28.3 Å². The highest BCUT2D eigenvalue weighted by molar-refractivity contribution is 5.97. The molecule has 0 spiro atoms. The number of nitrogens with zero attached hydrogens (tertiary/aromatic N) is 2. The number of piperazine rings is 1. The smallest absolute Gasteiger partial charge is 0.317 e. The molecule has 0 bridgehead atoms. The number of benzene rings is 3. The van der Waals surface area contributed by atoms with Gasteiger partial charge in [-0.1, -0.05) is 48.5 Å². The Morgan fingerprint density at radius 1 is 1.00 bits per heavy atom. The van der Waals surface area contributed by atoms with Gasteiger partial charge in [0.1, 0.15) is 0 Å². The van der Waals surface area contributed by atoms with Gasteiger partial charge in [-0.15, -0.1) is 0 Å². The van der Waals surface area contributed by atoms with E-state index in [-0.39, 0.29) is 18.5 Å². The van der Waals surface area contributed by atoms with Gasteiger partial charge in [0.2, 0.25) is 0 Å². The van der Waals surface area contributed by atoms with Crippen LogP contribution in [0.1, 0.15) is 34.5 Å². The van der Waals surface area contributed by atoms with Crippen molar-refractivity contribution in [3.63, 3.8) is 0 Å². The summed E-state index contributed by atoms with van der Waals surface area (Å²) in [5.74, 6) is -0.887. The molecular formula is C26H29N3O3. The van der Waals surface area contributed by atoms with Gasteiger partial charge in [0.15, 0.2) is 0 Å². The quantitative estimate of drug-likeness (QED) is 0.620. The van der Waals surface area contributed by atoms with E-state index >= 15 is 0 Å². The second-order valence-electron chi connectivity index (χ2n) is 8.42. The van der Waals surface area contributed by atoms with Crippen LogP contribution >= 0.6 is 0 Å². The molecule has 1 fully saturated rings. The molecule has 0 aliphatic carbocycles. The average Bonchev–Trinajstić information content (AvgIpc) is 2.79. The molecule has 1 aliphatic rings. The maximum atomic E-state index is 13.2. The number of carboxylic acid groups (broad SMARTS) is 1. The molecular weight excluding hydrogens is 402 g/mol. The van der Waals surface area contributed by atoms with E-state index in [1.165, 1.54) is 0 Å². The highest BCUT2D eigenvalue weighted by atomic mass is 16.4. The second-order valence-corrected chi connectivity index (χ2v) is 8.42. The van der Waals surface area contributed by atoms with Crippen LogP contribution in [0.2, 0.25) is 0 Å². The number of fused-ring (bicyclic) bond motifs is 1. The normalized spacial score (nSPS) is 15.5. The minimum Gasteiger partial charge on any atom is -0.480 e. The molecule has 1 aliphatic heterocycles. The molecule has 0 saturated carbocycles. The van der Waals surface area contributed by atoms with Gasteiger partial charge in [-0.25, -0.2) is 0 Å². The number of hydrogen-bond acceptors (Lipinski definition) is 4. The summed E-state index contributed by atoms with van der Waals surface area (Å²) in [6, 6.07) is 20.2. The van der Waals surface area contributed by atoms with E-state index in [1.54, 1.807) is 0 Å². The van der Waals surface area contributed by atoms with Crippen molar-refractivity contribution in [1.29, 1.82) is 0 Å². The lowest BCUT2D eigenvalue weighted by molar-refractivity contribution is -0.138. The number of rotatable bonds is 6. The SMILES string of the molecule is Cc1ccc(N2CCN(CC(=O)O)CC2)cc1C(=O)N[C@H](C)c1cccc2ccccc12. The fraction of sp³-hybridized carbons (Fsp3) is 0.308. The Hall–Kier alpha value is -3.38. The Kier molecular flexibility index (Phi) is 6.42. The Morgan fingerprint density at radius 2 is 1.72 bits per heavy atom. The number of carboxylic acids is 1. The minimum absolute atomic E-state index is 0.0709. The largest absolute Gasteiger partial charge is 0.480 e. The van der Waals surface area contributed by atoms with E-state index in [9.17, 15) is 9.59 Å². The maximum Gasteiger partial charge on any atom is 0.317 e. The predicted molar refractivity (Wildman–Crippen MR) is 127 cm³/mol. The van der Waals surface area contributed by atoms with Crippen molar-refractivity contribution in [3.8, 4) is 0 Å². The summed E-state index contributed by atoms with van der Waals surface area (Å²) in [6.45, 7) is 6.90. The van der Waals surface area contributed by atoms with Crippen molar-refractivity contribution in [1.82, 2.24) is 10.2 Å². The molecule has 0 unspecified atom stereocenters. The molecule has 4 rings (SSSR count). The van der Waals surface area contributed by atoms with Crippen molar-refractivity contribution in [3.05, 3.63) is 77.4 Å². The van der Waals surface area contributed by atoms with Gasteiger partial charge in [-0.05, 0) is 47.9 Å². The third kappa shape index (κ3) is 4.75. The standard InChI is InChI=1S/C26H29N3O3/c1-18-10-11-21(29-14-12-28(13-15-29)17-25(30)31)16-24(18)26(32)27-19(2)22-9-5-7-20-6-3-4-8-23(20)22/h3-11,16,19H,12-15,17H2,1-2H3,(H,27,32)(H,30,31)/t19-/m1/s1. The number of anilines is 1. The lowest BCUT2D eigenvalue weighted by atomic mass is 9.99. The summed E-state index contributed by atoms with van der Waals surface area (Å²) in [5, 5.41) is 14.5. The highest BCUT2D eigenvalue weighted by Crippen LogP contribution is 2.26. The first kappa shape index (κ1) is 21.8. The number of aliphatic carboxylic acids is 1. The van der Waals surface area contributed by atoms with Crippen LogP contribution in [-0.4, -0.2) is 54.6 Å². The molecule has 166 valence electrons. The molecule has 32 heavy (non-hydrogen) atoms. The summed E-state index contributed by atoms with van der Waals surface area (Å²) >= 11 is 0. The Labute approximate surface area is 188 Å². The number of amides is 1. The zero-order valence-electron chi connectivity index (χ0n) is 18.5. The van der Waals surface area contributed by atoms with Crippen LogP contribution in [0.25, 0.3) is 10.8 Å². The maximum absolute atomic E-state index is 13.2. The lowest BCUT2D eigenvalue weighted by Gasteiger charge is -2.35. The van der Waals surface area contributed by atoms with E-state index in [0.29, 0.717) is 18.7 Å². The minimum atomic E-state index is -0.798. The molecule has 3 aromatic rings. The van der Waals surface area contributed by atoms with Crippen LogP contribution < -0.4 is 10.2 Å². The topological polar surface area (TPSA) is 72.9 Å². The van der Waals surface area contributed by atoms with Gasteiger partial charge in [0, 0.05) is 37.4 Å².